The number of nitrogens with zero attached hydrogens (tertiary/aromatic N) is 6. The average Bonchev–Trinajstić information content (AvgIpc) is 3.34. The van der Waals surface area contributed by atoms with Gasteiger partial charge in [0.05, 0.1) is 27.2 Å². The summed E-state index contributed by atoms with van der Waals surface area (Å²) < 4.78 is 4.65. The molecule has 4 saturated carbocycles. The van der Waals surface area contributed by atoms with Crippen LogP contribution in [0.5, 0.6) is 0 Å². The molecule has 0 N–H and O–H groups in total. The SMILES string of the molecule is CCn1cc(Br)c(CN(C)C(=O)CC23CC4CC(C2)CC(n2cc([N+](=O)[O-])cn2)(C4)C3)n1. The van der Waals surface area contributed by atoms with E-state index in [9.17, 15) is 14.9 Å². The highest BCUT2D eigenvalue weighted by Gasteiger charge is 2.59. The summed E-state index contributed by atoms with van der Waals surface area (Å²) in [7, 11) is 1.85. The van der Waals surface area contributed by atoms with E-state index in [0.29, 0.717) is 24.8 Å². The first-order valence-corrected chi connectivity index (χ1v) is 12.2. The number of hydrogen-bond donors (Lipinski definition) is 0. The van der Waals surface area contributed by atoms with Crippen LogP contribution in [0.15, 0.2) is 23.1 Å². The monoisotopic (exact) mass is 504 g/mol. The van der Waals surface area contributed by atoms with Gasteiger partial charge in [-0.05, 0) is 78.6 Å². The van der Waals surface area contributed by atoms with E-state index in [1.54, 1.807) is 11.1 Å². The largest absolute Gasteiger partial charge is 0.340 e. The average molecular weight is 505 g/mol. The van der Waals surface area contributed by atoms with Gasteiger partial charge in [0.25, 0.3) is 0 Å². The molecule has 6 rings (SSSR count). The summed E-state index contributed by atoms with van der Waals surface area (Å²) in [5.74, 6) is 1.27. The van der Waals surface area contributed by atoms with E-state index in [1.807, 2.05) is 29.5 Å². The fourth-order valence-corrected chi connectivity index (χ4v) is 7.46. The van der Waals surface area contributed by atoms with Gasteiger partial charge in [-0.2, -0.15) is 10.2 Å². The zero-order valence-corrected chi connectivity index (χ0v) is 20.1. The van der Waals surface area contributed by atoms with Gasteiger partial charge in [0.1, 0.15) is 12.4 Å². The van der Waals surface area contributed by atoms with Crippen molar-refractivity contribution in [2.24, 2.45) is 17.3 Å². The molecule has 4 aliphatic rings. The van der Waals surface area contributed by atoms with E-state index in [0.717, 1.165) is 48.8 Å². The number of aryl methyl sites for hydroxylation is 1. The first-order chi connectivity index (χ1) is 15.2. The van der Waals surface area contributed by atoms with Crippen LogP contribution in [0.1, 0.15) is 57.6 Å². The predicted molar refractivity (Wildman–Crippen MR) is 121 cm³/mol. The van der Waals surface area contributed by atoms with E-state index in [1.165, 1.54) is 12.6 Å². The van der Waals surface area contributed by atoms with Crippen molar-refractivity contribution in [1.82, 2.24) is 24.5 Å². The summed E-state index contributed by atoms with van der Waals surface area (Å²) >= 11 is 3.56. The van der Waals surface area contributed by atoms with Crippen molar-refractivity contribution >= 4 is 27.5 Å². The Labute approximate surface area is 195 Å². The van der Waals surface area contributed by atoms with Gasteiger partial charge >= 0.3 is 5.69 Å². The number of halogens is 1. The van der Waals surface area contributed by atoms with Crippen molar-refractivity contribution in [3.8, 4) is 0 Å². The second-order valence-electron chi connectivity index (χ2n) is 10.3. The lowest BCUT2D eigenvalue weighted by molar-refractivity contribution is -0.385. The molecule has 10 heteroatoms. The van der Waals surface area contributed by atoms with Crippen LogP contribution in [-0.2, 0) is 23.4 Å². The molecular formula is C22H29BrN6O3. The molecule has 32 heavy (non-hydrogen) atoms. The minimum Gasteiger partial charge on any atom is -0.340 e. The van der Waals surface area contributed by atoms with Crippen LogP contribution in [0.2, 0.25) is 0 Å². The van der Waals surface area contributed by atoms with Gasteiger partial charge in [-0.1, -0.05) is 0 Å². The molecule has 0 saturated heterocycles. The van der Waals surface area contributed by atoms with Crippen LogP contribution in [0.4, 0.5) is 5.69 Å². The van der Waals surface area contributed by atoms with Crippen molar-refractivity contribution in [1.29, 1.82) is 0 Å². The Kier molecular flexibility index (Phi) is 5.18. The molecule has 9 nitrogen and oxygen atoms in total. The van der Waals surface area contributed by atoms with Gasteiger partial charge in [-0.25, -0.2) is 0 Å². The lowest BCUT2D eigenvalue weighted by Gasteiger charge is -2.62. The standard InChI is InChI=1S/C22H29BrN6O3/c1-3-27-12-18(23)19(25-27)13-26(2)20(30)9-21-5-15-4-16(6-21)8-22(7-15,14-21)28-11-17(10-24-28)29(31)32/h10-12,15-16H,3-9,13-14H2,1-2H3. The molecule has 2 aromatic rings. The summed E-state index contributed by atoms with van der Waals surface area (Å²) in [6.45, 7) is 3.30. The summed E-state index contributed by atoms with van der Waals surface area (Å²) in [5, 5.41) is 20.2. The van der Waals surface area contributed by atoms with Gasteiger partial charge in [-0.15, -0.1) is 0 Å². The number of rotatable bonds is 7. The second-order valence-corrected chi connectivity index (χ2v) is 11.1. The smallest absolute Gasteiger partial charge is 0.307 e. The number of hydrogen-bond acceptors (Lipinski definition) is 5. The molecule has 172 valence electrons. The number of carbonyl (C=O) groups is 1. The van der Waals surface area contributed by atoms with Gasteiger partial charge in [0.15, 0.2) is 0 Å². The van der Waals surface area contributed by atoms with E-state index in [4.69, 9.17) is 0 Å². The highest BCUT2D eigenvalue weighted by atomic mass is 79.9. The topological polar surface area (TPSA) is 99.1 Å². The number of aromatic nitrogens is 4. The molecule has 4 aliphatic carbocycles. The fourth-order valence-electron chi connectivity index (χ4n) is 7.02. The molecule has 2 atom stereocenters. The maximum atomic E-state index is 13.3. The fraction of sp³-hybridized carbons (Fsp3) is 0.682. The van der Waals surface area contributed by atoms with Gasteiger partial charge in [-0.3, -0.25) is 24.3 Å². The van der Waals surface area contributed by atoms with Crippen LogP contribution in [-0.4, -0.2) is 42.3 Å². The predicted octanol–water partition coefficient (Wildman–Crippen LogP) is 4.11. The molecule has 0 spiro atoms. The highest BCUT2D eigenvalue weighted by molar-refractivity contribution is 9.10. The van der Waals surface area contributed by atoms with Gasteiger partial charge < -0.3 is 4.90 Å². The molecule has 2 heterocycles. The Balaban J connectivity index is 1.34. The zero-order chi connectivity index (χ0) is 22.7. The highest BCUT2D eigenvalue weighted by Crippen LogP contribution is 2.65. The normalized spacial score (nSPS) is 30.6. The van der Waals surface area contributed by atoms with E-state index >= 15 is 0 Å². The molecule has 1 amide bonds. The Morgan fingerprint density at radius 1 is 1.31 bits per heavy atom. The molecule has 2 unspecified atom stereocenters. The van der Waals surface area contributed by atoms with Crippen LogP contribution in [0.3, 0.4) is 0 Å². The molecule has 0 radical (unpaired) electrons. The first-order valence-electron chi connectivity index (χ1n) is 11.4. The van der Waals surface area contributed by atoms with Gasteiger partial charge in [0.2, 0.25) is 5.91 Å². The van der Waals surface area contributed by atoms with Crippen LogP contribution in [0, 0.1) is 27.4 Å². The van der Waals surface area contributed by atoms with E-state index in [2.05, 4.69) is 26.1 Å². The lowest BCUT2D eigenvalue weighted by atomic mass is 9.46. The molecular weight excluding hydrogens is 476 g/mol. The van der Waals surface area contributed by atoms with Crippen molar-refractivity contribution in [3.05, 3.63) is 38.9 Å². The van der Waals surface area contributed by atoms with E-state index < -0.39 is 0 Å². The quantitative estimate of drug-likeness (QED) is 0.417. The van der Waals surface area contributed by atoms with Crippen molar-refractivity contribution in [2.45, 2.75) is 70.5 Å². The number of nitro groups is 1. The lowest BCUT2D eigenvalue weighted by Crippen LogP contribution is -2.57. The Morgan fingerprint density at radius 2 is 2.03 bits per heavy atom. The Bertz CT molecular complexity index is 1050. The minimum absolute atomic E-state index is 0.0442. The third-order valence-electron chi connectivity index (χ3n) is 7.87. The minimum atomic E-state index is -0.379. The summed E-state index contributed by atoms with van der Waals surface area (Å²) in [5.41, 5.74) is 0.673. The molecule has 0 aliphatic heterocycles. The Morgan fingerprint density at radius 3 is 2.62 bits per heavy atom. The zero-order valence-electron chi connectivity index (χ0n) is 18.5. The number of carbonyl (C=O) groups excluding carboxylic acids is 1. The summed E-state index contributed by atoms with van der Waals surface area (Å²) in [6, 6.07) is 0. The molecule has 0 aromatic carbocycles. The number of amides is 1. The van der Waals surface area contributed by atoms with Crippen LogP contribution >= 0.6 is 15.9 Å². The summed E-state index contributed by atoms with van der Waals surface area (Å²) in [6.07, 6.45) is 11.7. The maximum absolute atomic E-state index is 13.3. The van der Waals surface area contributed by atoms with Gasteiger partial charge in [0, 0.05) is 26.2 Å². The molecule has 4 fully saturated rings. The van der Waals surface area contributed by atoms with E-state index in [-0.39, 0.29) is 27.5 Å². The van der Waals surface area contributed by atoms with Crippen LogP contribution < -0.4 is 0 Å². The molecule has 2 aromatic heterocycles. The second kappa shape index (κ2) is 7.67. The third kappa shape index (κ3) is 3.66. The van der Waals surface area contributed by atoms with Crippen LogP contribution in [0.25, 0.3) is 0 Å². The third-order valence-corrected chi connectivity index (χ3v) is 8.53. The van der Waals surface area contributed by atoms with Crippen molar-refractivity contribution in [2.75, 3.05) is 7.05 Å². The summed E-state index contributed by atoms with van der Waals surface area (Å²) in [4.78, 5) is 25.9. The van der Waals surface area contributed by atoms with Crippen molar-refractivity contribution in [3.63, 3.8) is 0 Å². The van der Waals surface area contributed by atoms with Crippen molar-refractivity contribution < 1.29 is 9.72 Å². The Hall–Kier alpha value is -2.23. The molecule has 4 bridgehead atoms. The first kappa shape index (κ1) is 21.6. The maximum Gasteiger partial charge on any atom is 0.307 e.